The standard InChI is InChI=1S/C14H18BrCl2NO2S/c1-13(2)11(14(13,3)4)7-18-21(19,20)12-9(16)5-8(15)6-10(12)17/h5-6,11,18H,7H2,1-4H3. The highest BCUT2D eigenvalue weighted by atomic mass is 79.9. The van der Waals surface area contributed by atoms with E-state index in [-0.39, 0.29) is 31.7 Å². The normalized spacial score (nSPS) is 20.5. The molecule has 0 atom stereocenters. The van der Waals surface area contributed by atoms with Gasteiger partial charge in [0.05, 0.1) is 10.0 Å². The fraction of sp³-hybridized carbons (Fsp3) is 0.571. The molecule has 7 heteroatoms. The number of hydrogen-bond acceptors (Lipinski definition) is 2. The van der Waals surface area contributed by atoms with E-state index < -0.39 is 10.0 Å². The van der Waals surface area contributed by atoms with Crippen LogP contribution in [0.4, 0.5) is 0 Å². The van der Waals surface area contributed by atoms with Crippen molar-refractivity contribution >= 4 is 49.2 Å². The highest BCUT2D eigenvalue weighted by Crippen LogP contribution is 2.68. The number of sulfonamides is 1. The van der Waals surface area contributed by atoms with E-state index in [2.05, 4.69) is 48.3 Å². The second kappa shape index (κ2) is 5.38. The summed E-state index contributed by atoms with van der Waals surface area (Å²) in [6, 6.07) is 3.04. The average Bonchev–Trinajstić information content (AvgIpc) is 2.64. The predicted octanol–water partition coefficient (Wildman–Crippen LogP) is 4.72. The quantitative estimate of drug-likeness (QED) is 0.774. The van der Waals surface area contributed by atoms with Crippen LogP contribution in [0.1, 0.15) is 27.7 Å². The second-order valence-electron chi connectivity index (χ2n) is 6.55. The van der Waals surface area contributed by atoms with Gasteiger partial charge >= 0.3 is 0 Å². The highest BCUT2D eigenvalue weighted by Gasteiger charge is 2.64. The van der Waals surface area contributed by atoms with Crippen LogP contribution in [-0.4, -0.2) is 15.0 Å². The minimum Gasteiger partial charge on any atom is -0.211 e. The molecule has 0 bridgehead atoms. The Morgan fingerprint density at radius 1 is 1.14 bits per heavy atom. The third kappa shape index (κ3) is 3.00. The lowest BCUT2D eigenvalue weighted by Gasteiger charge is -2.11. The third-order valence-corrected chi connectivity index (χ3v) is 7.83. The Morgan fingerprint density at radius 2 is 1.57 bits per heavy atom. The van der Waals surface area contributed by atoms with Gasteiger partial charge < -0.3 is 0 Å². The summed E-state index contributed by atoms with van der Waals surface area (Å²) in [5.41, 5.74) is 0.228. The molecule has 0 radical (unpaired) electrons. The van der Waals surface area contributed by atoms with Crippen molar-refractivity contribution in [3.05, 3.63) is 26.7 Å². The van der Waals surface area contributed by atoms with Crippen molar-refractivity contribution in [2.24, 2.45) is 16.7 Å². The number of nitrogens with one attached hydrogen (secondary N) is 1. The zero-order chi connectivity index (χ0) is 16.2. The van der Waals surface area contributed by atoms with Crippen LogP contribution in [0.15, 0.2) is 21.5 Å². The third-order valence-electron chi connectivity index (χ3n) is 5.03. The van der Waals surface area contributed by atoms with Crippen LogP contribution < -0.4 is 4.72 Å². The van der Waals surface area contributed by atoms with E-state index in [0.29, 0.717) is 11.0 Å². The van der Waals surface area contributed by atoms with Crippen molar-refractivity contribution in [1.29, 1.82) is 0 Å². The molecular weight excluding hydrogens is 397 g/mol. The van der Waals surface area contributed by atoms with Crippen molar-refractivity contribution in [3.8, 4) is 0 Å². The van der Waals surface area contributed by atoms with Crippen LogP contribution in [0.5, 0.6) is 0 Å². The van der Waals surface area contributed by atoms with Gasteiger partial charge in [0.1, 0.15) is 4.90 Å². The summed E-state index contributed by atoms with van der Waals surface area (Å²) >= 11 is 15.3. The molecule has 118 valence electrons. The summed E-state index contributed by atoms with van der Waals surface area (Å²) in [6.07, 6.45) is 0. The fourth-order valence-corrected chi connectivity index (χ4v) is 5.87. The smallest absolute Gasteiger partial charge is 0.211 e. The topological polar surface area (TPSA) is 46.2 Å². The van der Waals surface area contributed by atoms with Gasteiger partial charge in [0, 0.05) is 11.0 Å². The molecule has 0 unspecified atom stereocenters. The molecule has 0 saturated heterocycles. The van der Waals surface area contributed by atoms with Gasteiger partial charge in [-0.3, -0.25) is 0 Å². The zero-order valence-corrected chi connectivity index (χ0v) is 16.2. The SMILES string of the molecule is CC1(C)C(CNS(=O)(=O)c2c(Cl)cc(Br)cc2Cl)C1(C)C. The van der Waals surface area contributed by atoms with Crippen LogP contribution >= 0.6 is 39.1 Å². The maximum Gasteiger partial charge on any atom is 0.243 e. The molecule has 0 spiro atoms. The number of hydrogen-bond donors (Lipinski definition) is 1. The maximum absolute atomic E-state index is 12.4. The molecule has 0 amide bonds. The Morgan fingerprint density at radius 3 is 1.95 bits per heavy atom. The monoisotopic (exact) mass is 413 g/mol. The molecule has 1 fully saturated rings. The molecule has 21 heavy (non-hydrogen) atoms. The summed E-state index contributed by atoms with van der Waals surface area (Å²) in [7, 11) is -3.73. The van der Waals surface area contributed by atoms with Crippen LogP contribution in [0.2, 0.25) is 10.0 Å². The maximum atomic E-state index is 12.4. The van der Waals surface area contributed by atoms with Crippen LogP contribution in [-0.2, 0) is 10.0 Å². The lowest BCUT2D eigenvalue weighted by Crippen LogP contribution is -2.27. The lowest BCUT2D eigenvalue weighted by molar-refractivity contribution is 0.457. The molecule has 0 heterocycles. The molecule has 2 rings (SSSR count). The van der Waals surface area contributed by atoms with E-state index in [9.17, 15) is 8.42 Å². The van der Waals surface area contributed by atoms with Crippen LogP contribution in [0.25, 0.3) is 0 Å². The van der Waals surface area contributed by atoms with Gasteiger partial charge in [0.2, 0.25) is 10.0 Å². The minimum absolute atomic E-state index is 0.0645. The van der Waals surface area contributed by atoms with E-state index >= 15 is 0 Å². The lowest BCUT2D eigenvalue weighted by atomic mass is 10.0. The molecule has 0 aromatic heterocycles. The molecule has 1 aromatic rings. The van der Waals surface area contributed by atoms with E-state index in [1.807, 2.05) is 0 Å². The average molecular weight is 415 g/mol. The van der Waals surface area contributed by atoms with E-state index in [4.69, 9.17) is 23.2 Å². The number of benzene rings is 1. The minimum atomic E-state index is -3.73. The zero-order valence-electron chi connectivity index (χ0n) is 12.3. The summed E-state index contributed by atoms with van der Waals surface area (Å²) < 4.78 is 28.2. The van der Waals surface area contributed by atoms with Gasteiger partial charge in [-0.25, -0.2) is 13.1 Å². The summed E-state index contributed by atoms with van der Waals surface area (Å²) in [5, 5.41) is 0.215. The predicted molar refractivity (Wildman–Crippen MR) is 90.4 cm³/mol. The Labute approximate surface area is 144 Å². The first-order valence-electron chi connectivity index (χ1n) is 6.55. The highest BCUT2D eigenvalue weighted by molar-refractivity contribution is 9.10. The fourth-order valence-electron chi connectivity index (χ4n) is 2.89. The number of rotatable bonds is 4. The van der Waals surface area contributed by atoms with Gasteiger partial charge in [-0.1, -0.05) is 66.8 Å². The number of halogens is 3. The van der Waals surface area contributed by atoms with Gasteiger partial charge in [-0.15, -0.1) is 0 Å². The van der Waals surface area contributed by atoms with E-state index in [1.54, 1.807) is 0 Å². The molecule has 1 aliphatic carbocycles. The van der Waals surface area contributed by atoms with Crippen molar-refractivity contribution in [2.75, 3.05) is 6.54 Å². The van der Waals surface area contributed by atoms with Gasteiger partial charge in [-0.05, 0) is 28.9 Å². The van der Waals surface area contributed by atoms with Crippen molar-refractivity contribution in [1.82, 2.24) is 4.72 Å². The Kier molecular flexibility index (Phi) is 4.49. The molecular formula is C14H18BrCl2NO2S. The van der Waals surface area contributed by atoms with Crippen molar-refractivity contribution in [2.45, 2.75) is 32.6 Å². The largest absolute Gasteiger partial charge is 0.243 e. The van der Waals surface area contributed by atoms with Gasteiger partial charge in [-0.2, -0.15) is 0 Å². The molecule has 3 nitrogen and oxygen atoms in total. The molecule has 1 N–H and O–H groups in total. The molecule has 1 aliphatic rings. The van der Waals surface area contributed by atoms with E-state index in [0.717, 1.165) is 0 Å². The molecule has 1 saturated carbocycles. The Bertz CT molecular complexity index is 649. The van der Waals surface area contributed by atoms with Crippen LogP contribution in [0, 0.1) is 16.7 Å². The van der Waals surface area contributed by atoms with Gasteiger partial charge in [0.25, 0.3) is 0 Å². The van der Waals surface area contributed by atoms with Crippen molar-refractivity contribution in [3.63, 3.8) is 0 Å². The van der Waals surface area contributed by atoms with Crippen LogP contribution in [0.3, 0.4) is 0 Å². The summed E-state index contributed by atoms with van der Waals surface area (Å²) in [6.45, 7) is 8.96. The molecule has 1 aromatic carbocycles. The van der Waals surface area contributed by atoms with Gasteiger partial charge in [0.15, 0.2) is 0 Å². The Hall–Kier alpha value is 0.190. The first kappa shape index (κ1) is 17.5. The Balaban J connectivity index is 2.22. The second-order valence-corrected chi connectivity index (χ2v) is 9.98. The summed E-state index contributed by atoms with van der Waals surface area (Å²) in [5.74, 6) is 0.285. The first-order chi connectivity index (χ1) is 9.41. The first-order valence-corrected chi connectivity index (χ1v) is 9.58. The summed E-state index contributed by atoms with van der Waals surface area (Å²) in [4.78, 5) is -0.0645. The van der Waals surface area contributed by atoms with E-state index in [1.165, 1.54) is 12.1 Å². The molecule has 0 aliphatic heterocycles. The van der Waals surface area contributed by atoms with Crippen molar-refractivity contribution < 1.29 is 8.42 Å².